The van der Waals surface area contributed by atoms with Crippen LogP contribution in [-0.2, 0) is 4.74 Å². The van der Waals surface area contributed by atoms with Gasteiger partial charge in [0.05, 0.1) is 18.2 Å². The van der Waals surface area contributed by atoms with Gasteiger partial charge in [-0.3, -0.25) is 9.78 Å². The molecular weight excluding hydrogens is 248 g/mol. The van der Waals surface area contributed by atoms with Crippen LogP contribution in [0.15, 0.2) is 18.3 Å². The minimum Gasteiger partial charge on any atom is -0.478 e. The second-order valence-electron chi connectivity index (χ2n) is 4.52. The number of ether oxygens (including phenoxy) is 1. The van der Waals surface area contributed by atoms with Gasteiger partial charge in [0.2, 0.25) is 0 Å². The van der Waals surface area contributed by atoms with Crippen LogP contribution in [0.2, 0.25) is 0 Å². The average Bonchev–Trinajstić information content (AvgIpc) is 2.38. The predicted octanol–water partition coefficient (Wildman–Crippen LogP) is 1.18. The summed E-state index contributed by atoms with van der Waals surface area (Å²) in [5, 5.41) is 11.6. The maximum Gasteiger partial charge on any atom is 0.337 e. The summed E-state index contributed by atoms with van der Waals surface area (Å²) in [7, 11) is 1.57. The molecule has 0 saturated carbocycles. The van der Waals surface area contributed by atoms with Crippen molar-refractivity contribution in [1.29, 1.82) is 0 Å². The van der Waals surface area contributed by atoms with Gasteiger partial charge in [-0.2, -0.15) is 0 Å². The predicted molar refractivity (Wildman–Crippen MR) is 69.2 cm³/mol. The molecule has 6 heteroatoms. The number of hydrogen-bond donors (Lipinski definition) is 2. The van der Waals surface area contributed by atoms with Gasteiger partial charge in [-0.15, -0.1) is 0 Å². The number of nitrogens with one attached hydrogen (secondary N) is 1. The summed E-state index contributed by atoms with van der Waals surface area (Å²) in [6, 6.07) is 2.63. The molecule has 6 nitrogen and oxygen atoms in total. The molecule has 1 unspecified atom stereocenters. The Hall–Kier alpha value is -1.95. The molecule has 0 saturated heterocycles. The summed E-state index contributed by atoms with van der Waals surface area (Å²) in [6.45, 7) is 4.37. The first-order valence-corrected chi connectivity index (χ1v) is 5.94. The largest absolute Gasteiger partial charge is 0.478 e. The van der Waals surface area contributed by atoms with Crippen LogP contribution in [0.5, 0.6) is 0 Å². The lowest BCUT2D eigenvalue weighted by Gasteiger charge is -2.21. The van der Waals surface area contributed by atoms with Crippen molar-refractivity contribution in [3.63, 3.8) is 0 Å². The fourth-order valence-electron chi connectivity index (χ4n) is 1.48. The highest BCUT2D eigenvalue weighted by Gasteiger charge is 2.18. The fraction of sp³-hybridized carbons (Fsp3) is 0.462. The molecule has 0 aliphatic carbocycles. The van der Waals surface area contributed by atoms with E-state index in [0.29, 0.717) is 6.61 Å². The minimum absolute atomic E-state index is 0.0499. The molecule has 2 N–H and O–H groups in total. The quantitative estimate of drug-likeness (QED) is 0.807. The molecule has 1 heterocycles. The van der Waals surface area contributed by atoms with Crippen molar-refractivity contribution >= 4 is 11.9 Å². The van der Waals surface area contributed by atoms with E-state index in [0.717, 1.165) is 6.20 Å². The van der Waals surface area contributed by atoms with Gasteiger partial charge in [-0.25, -0.2) is 4.79 Å². The number of hydrogen-bond acceptors (Lipinski definition) is 4. The zero-order chi connectivity index (χ0) is 14.4. The van der Waals surface area contributed by atoms with E-state index < -0.39 is 5.97 Å². The fourth-order valence-corrected chi connectivity index (χ4v) is 1.48. The van der Waals surface area contributed by atoms with E-state index in [2.05, 4.69) is 10.3 Å². The standard InChI is InChI=1S/C13H18N2O4/c1-8(2)11(7-19-3)15-12(16)10-5-4-9(6-14-10)13(17)18/h4-6,8,11H,7H2,1-3H3,(H,15,16)(H,17,18). The van der Waals surface area contributed by atoms with Crippen LogP contribution in [0.25, 0.3) is 0 Å². The zero-order valence-electron chi connectivity index (χ0n) is 11.2. The number of carbonyl (C=O) groups excluding carboxylic acids is 1. The summed E-state index contributed by atoms with van der Waals surface area (Å²) >= 11 is 0. The molecule has 0 fully saturated rings. The number of nitrogens with zero attached hydrogens (tertiary/aromatic N) is 1. The van der Waals surface area contributed by atoms with Gasteiger partial charge in [0.15, 0.2) is 0 Å². The Morgan fingerprint density at radius 1 is 1.42 bits per heavy atom. The van der Waals surface area contributed by atoms with Crippen LogP contribution in [0.1, 0.15) is 34.7 Å². The summed E-state index contributed by atoms with van der Waals surface area (Å²) in [4.78, 5) is 26.5. The normalized spacial score (nSPS) is 12.2. The van der Waals surface area contributed by atoms with Gasteiger partial charge < -0.3 is 15.2 Å². The lowest BCUT2D eigenvalue weighted by Crippen LogP contribution is -2.41. The Balaban J connectivity index is 2.74. The van der Waals surface area contributed by atoms with Gasteiger partial charge in [0.1, 0.15) is 5.69 Å². The number of amides is 1. The lowest BCUT2D eigenvalue weighted by atomic mass is 10.1. The van der Waals surface area contributed by atoms with E-state index in [9.17, 15) is 9.59 Å². The molecule has 1 atom stereocenters. The molecule has 0 radical (unpaired) electrons. The number of carbonyl (C=O) groups is 2. The molecule has 1 amide bonds. The van der Waals surface area contributed by atoms with E-state index in [4.69, 9.17) is 9.84 Å². The third-order valence-electron chi connectivity index (χ3n) is 2.71. The first-order valence-electron chi connectivity index (χ1n) is 5.94. The first kappa shape index (κ1) is 15.1. The molecule has 104 valence electrons. The SMILES string of the molecule is COCC(NC(=O)c1ccc(C(=O)O)cn1)C(C)C. The van der Waals surface area contributed by atoms with Crippen molar-refractivity contribution < 1.29 is 19.4 Å². The van der Waals surface area contributed by atoms with E-state index in [1.807, 2.05) is 13.8 Å². The van der Waals surface area contributed by atoms with Gasteiger partial charge in [-0.05, 0) is 18.1 Å². The Bertz CT molecular complexity index is 442. The van der Waals surface area contributed by atoms with Crippen molar-refractivity contribution in [3.8, 4) is 0 Å². The summed E-state index contributed by atoms with van der Waals surface area (Å²) < 4.78 is 5.04. The average molecular weight is 266 g/mol. The number of aromatic carboxylic acids is 1. The van der Waals surface area contributed by atoms with Crippen molar-refractivity contribution in [1.82, 2.24) is 10.3 Å². The van der Waals surface area contributed by atoms with E-state index >= 15 is 0 Å². The van der Waals surface area contributed by atoms with E-state index in [1.165, 1.54) is 12.1 Å². The van der Waals surface area contributed by atoms with Crippen molar-refractivity contribution in [2.45, 2.75) is 19.9 Å². The molecule has 1 aromatic heterocycles. The molecule has 0 bridgehead atoms. The van der Waals surface area contributed by atoms with Gasteiger partial charge in [-0.1, -0.05) is 13.8 Å². The lowest BCUT2D eigenvalue weighted by molar-refractivity contribution is 0.0695. The van der Waals surface area contributed by atoms with Gasteiger partial charge >= 0.3 is 5.97 Å². The number of methoxy groups -OCH3 is 1. The highest BCUT2D eigenvalue weighted by molar-refractivity contribution is 5.93. The van der Waals surface area contributed by atoms with Crippen molar-refractivity contribution in [2.24, 2.45) is 5.92 Å². The van der Waals surface area contributed by atoms with Crippen LogP contribution in [-0.4, -0.2) is 41.7 Å². The number of aromatic nitrogens is 1. The van der Waals surface area contributed by atoms with E-state index in [1.54, 1.807) is 7.11 Å². The van der Waals surface area contributed by atoms with Gasteiger partial charge in [0, 0.05) is 13.3 Å². The number of pyridine rings is 1. The van der Waals surface area contributed by atoms with Crippen LogP contribution in [0, 0.1) is 5.92 Å². The molecule has 0 aliphatic heterocycles. The molecule has 19 heavy (non-hydrogen) atoms. The highest BCUT2D eigenvalue weighted by Crippen LogP contribution is 2.05. The molecule has 1 aromatic rings. The second kappa shape index (κ2) is 6.84. The summed E-state index contributed by atoms with van der Waals surface area (Å²) in [6.07, 6.45) is 1.16. The topological polar surface area (TPSA) is 88.5 Å². The summed E-state index contributed by atoms with van der Waals surface area (Å²) in [5.41, 5.74) is 0.237. The smallest absolute Gasteiger partial charge is 0.337 e. The van der Waals surface area contributed by atoms with Crippen LogP contribution >= 0.6 is 0 Å². The van der Waals surface area contributed by atoms with Gasteiger partial charge in [0.25, 0.3) is 5.91 Å². The number of rotatable bonds is 6. The maximum atomic E-state index is 11.9. The number of carboxylic acid groups (broad SMARTS) is 1. The van der Waals surface area contributed by atoms with Crippen molar-refractivity contribution in [2.75, 3.05) is 13.7 Å². The van der Waals surface area contributed by atoms with Crippen LogP contribution in [0.3, 0.4) is 0 Å². The molecule has 0 aromatic carbocycles. The van der Waals surface area contributed by atoms with Crippen LogP contribution < -0.4 is 5.32 Å². The Labute approximate surface area is 111 Å². The molecule has 1 rings (SSSR count). The van der Waals surface area contributed by atoms with Crippen molar-refractivity contribution in [3.05, 3.63) is 29.6 Å². The maximum absolute atomic E-state index is 11.9. The Morgan fingerprint density at radius 2 is 2.11 bits per heavy atom. The second-order valence-corrected chi connectivity index (χ2v) is 4.52. The zero-order valence-corrected chi connectivity index (χ0v) is 11.2. The minimum atomic E-state index is -1.07. The molecular formula is C13H18N2O4. The Morgan fingerprint density at radius 3 is 2.53 bits per heavy atom. The van der Waals surface area contributed by atoms with E-state index in [-0.39, 0.29) is 29.1 Å². The third-order valence-corrected chi connectivity index (χ3v) is 2.71. The number of carboxylic acids is 1. The van der Waals surface area contributed by atoms with Crippen LogP contribution in [0.4, 0.5) is 0 Å². The first-order chi connectivity index (χ1) is 8.95. The summed E-state index contributed by atoms with van der Waals surface area (Å²) in [5.74, 6) is -1.19. The monoisotopic (exact) mass is 266 g/mol. The molecule has 0 aliphatic rings. The third kappa shape index (κ3) is 4.33. The highest BCUT2D eigenvalue weighted by atomic mass is 16.5. The molecule has 0 spiro atoms. The Kier molecular flexibility index (Phi) is 5.44.